The Balaban J connectivity index is 1.60. The molecular formula is C29H23FN2O3. The first-order valence-corrected chi connectivity index (χ1v) is 11.1. The van der Waals surface area contributed by atoms with Crippen molar-refractivity contribution in [3.05, 3.63) is 118 Å². The van der Waals surface area contributed by atoms with Crippen LogP contribution in [-0.4, -0.2) is 16.7 Å². The summed E-state index contributed by atoms with van der Waals surface area (Å²) in [5, 5.41) is 9.64. The van der Waals surface area contributed by atoms with Gasteiger partial charge in [0, 0.05) is 11.1 Å². The van der Waals surface area contributed by atoms with Gasteiger partial charge in [0.25, 0.3) is 11.8 Å². The Morgan fingerprint density at radius 1 is 0.971 bits per heavy atom. The fourth-order valence-corrected chi connectivity index (χ4v) is 3.94. The number of hydrogen-bond donors (Lipinski definition) is 0. The monoisotopic (exact) mass is 466 g/mol. The number of ether oxygens (including phenoxy) is 1. The number of nitriles is 1. The maximum absolute atomic E-state index is 13.8. The molecule has 2 amide bonds. The Hall–Kier alpha value is -4.50. The van der Waals surface area contributed by atoms with Crippen LogP contribution < -0.4 is 4.74 Å². The third kappa shape index (κ3) is 4.90. The lowest BCUT2D eigenvalue weighted by Crippen LogP contribution is -2.44. The van der Waals surface area contributed by atoms with E-state index < -0.39 is 17.9 Å². The molecule has 0 aliphatic carbocycles. The number of benzene rings is 3. The molecule has 4 rings (SSSR count). The van der Waals surface area contributed by atoms with Crippen LogP contribution in [0.2, 0.25) is 0 Å². The van der Waals surface area contributed by atoms with Crippen LogP contribution in [0.1, 0.15) is 36.6 Å². The standard InChI is InChI=1S/C29H23FN2O3/c1-19-25(16-21-12-14-24(15-13-21)35-18-23-10-6-7-11-27(23)30)28(33)32(29(34)26(19)17-31)20(2)22-8-4-3-5-9-22/h3-16,20H,18H2,1-2H3/b25-16+. The van der Waals surface area contributed by atoms with Crippen molar-refractivity contribution in [2.75, 3.05) is 0 Å². The number of halogens is 1. The number of nitrogens with zero attached hydrogens (tertiary/aromatic N) is 2. The average molecular weight is 467 g/mol. The number of hydrogen-bond acceptors (Lipinski definition) is 4. The Morgan fingerprint density at radius 2 is 1.63 bits per heavy atom. The molecule has 5 nitrogen and oxygen atoms in total. The van der Waals surface area contributed by atoms with E-state index in [1.807, 2.05) is 36.4 Å². The van der Waals surface area contributed by atoms with Crippen molar-refractivity contribution in [1.29, 1.82) is 5.26 Å². The van der Waals surface area contributed by atoms with Gasteiger partial charge in [0.15, 0.2) is 0 Å². The highest BCUT2D eigenvalue weighted by atomic mass is 19.1. The highest BCUT2D eigenvalue weighted by Crippen LogP contribution is 2.33. The van der Waals surface area contributed by atoms with Crippen LogP contribution >= 0.6 is 0 Å². The molecule has 0 spiro atoms. The van der Waals surface area contributed by atoms with Gasteiger partial charge in [-0.2, -0.15) is 5.26 Å². The van der Waals surface area contributed by atoms with Crippen molar-refractivity contribution in [3.8, 4) is 11.8 Å². The van der Waals surface area contributed by atoms with E-state index in [0.29, 0.717) is 22.4 Å². The highest BCUT2D eigenvalue weighted by molar-refractivity contribution is 6.19. The van der Waals surface area contributed by atoms with Gasteiger partial charge < -0.3 is 4.74 Å². The molecule has 1 aliphatic rings. The Labute approximate surface area is 203 Å². The lowest BCUT2D eigenvalue weighted by Gasteiger charge is -2.32. The largest absolute Gasteiger partial charge is 0.489 e. The SMILES string of the molecule is CC1=C(C#N)C(=O)N(C(C)c2ccccc2)C(=O)/C1=C/c1ccc(OCc2ccccc2F)cc1. The summed E-state index contributed by atoms with van der Waals surface area (Å²) in [5.41, 5.74) is 2.52. The lowest BCUT2D eigenvalue weighted by atomic mass is 9.91. The van der Waals surface area contributed by atoms with E-state index >= 15 is 0 Å². The molecule has 1 unspecified atom stereocenters. The Kier molecular flexibility index (Phi) is 6.88. The van der Waals surface area contributed by atoms with Gasteiger partial charge in [0.2, 0.25) is 0 Å². The number of imide groups is 1. The zero-order valence-corrected chi connectivity index (χ0v) is 19.4. The molecule has 35 heavy (non-hydrogen) atoms. The Bertz CT molecular complexity index is 1370. The van der Waals surface area contributed by atoms with E-state index in [1.54, 1.807) is 62.4 Å². The first-order chi connectivity index (χ1) is 16.9. The van der Waals surface area contributed by atoms with Crippen LogP contribution in [0.4, 0.5) is 4.39 Å². The summed E-state index contributed by atoms with van der Waals surface area (Å²) in [6.45, 7) is 3.46. The van der Waals surface area contributed by atoms with Crippen molar-refractivity contribution in [1.82, 2.24) is 4.90 Å². The van der Waals surface area contributed by atoms with E-state index in [9.17, 15) is 19.2 Å². The molecule has 0 radical (unpaired) electrons. The van der Waals surface area contributed by atoms with E-state index in [0.717, 1.165) is 10.5 Å². The minimum Gasteiger partial charge on any atom is -0.489 e. The van der Waals surface area contributed by atoms with Gasteiger partial charge in [-0.1, -0.05) is 60.7 Å². The molecule has 1 heterocycles. The van der Waals surface area contributed by atoms with E-state index in [2.05, 4.69) is 0 Å². The second kappa shape index (κ2) is 10.2. The minimum atomic E-state index is -0.597. The second-order valence-corrected chi connectivity index (χ2v) is 8.19. The number of rotatable bonds is 6. The normalized spacial score (nSPS) is 15.8. The first kappa shape index (κ1) is 23.7. The first-order valence-electron chi connectivity index (χ1n) is 11.1. The molecule has 0 bridgehead atoms. The molecule has 3 aromatic carbocycles. The number of amides is 2. The van der Waals surface area contributed by atoms with Gasteiger partial charge in [-0.05, 0) is 54.8 Å². The number of carbonyl (C=O) groups excluding carboxylic acids is 2. The van der Waals surface area contributed by atoms with Crippen molar-refractivity contribution in [2.45, 2.75) is 26.5 Å². The lowest BCUT2D eigenvalue weighted by molar-refractivity contribution is -0.143. The summed E-state index contributed by atoms with van der Waals surface area (Å²) >= 11 is 0. The Morgan fingerprint density at radius 3 is 2.29 bits per heavy atom. The molecule has 174 valence electrons. The van der Waals surface area contributed by atoms with Crippen molar-refractivity contribution < 1.29 is 18.7 Å². The summed E-state index contributed by atoms with van der Waals surface area (Å²) in [4.78, 5) is 27.6. The van der Waals surface area contributed by atoms with Crippen LogP contribution in [0.3, 0.4) is 0 Å². The summed E-state index contributed by atoms with van der Waals surface area (Å²) in [7, 11) is 0. The van der Waals surface area contributed by atoms with Gasteiger partial charge in [0.05, 0.1) is 6.04 Å². The molecule has 0 fully saturated rings. The highest BCUT2D eigenvalue weighted by Gasteiger charge is 2.38. The van der Waals surface area contributed by atoms with Gasteiger partial charge in [-0.3, -0.25) is 14.5 Å². The predicted octanol–water partition coefficient (Wildman–Crippen LogP) is 5.76. The molecule has 1 aliphatic heterocycles. The van der Waals surface area contributed by atoms with Gasteiger partial charge in [0.1, 0.15) is 29.8 Å². The van der Waals surface area contributed by atoms with Gasteiger partial charge in [-0.25, -0.2) is 4.39 Å². The number of carbonyl (C=O) groups is 2. The molecular weight excluding hydrogens is 443 g/mol. The van der Waals surface area contributed by atoms with Crippen LogP contribution in [0, 0.1) is 17.1 Å². The summed E-state index contributed by atoms with van der Waals surface area (Å²) < 4.78 is 19.5. The third-order valence-corrected chi connectivity index (χ3v) is 5.99. The molecule has 0 saturated heterocycles. The summed E-state index contributed by atoms with van der Waals surface area (Å²) in [6, 6.07) is 24.0. The topological polar surface area (TPSA) is 70.4 Å². The van der Waals surface area contributed by atoms with Crippen molar-refractivity contribution in [3.63, 3.8) is 0 Å². The van der Waals surface area contributed by atoms with Crippen LogP contribution in [0.15, 0.2) is 95.6 Å². The van der Waals surface area contributed by atoms with E-state index in [4.69, 9.17) is 4.74 Å². The molecule has 6 heteroatoms. The fourth-order valence-electron chi connectivity index (χ4n) is 3.94. The second-order valence-electron chi connectivity index (χ2n) is 8.19. The van der Waals surface area contributed by atoms with Gasteiger partial charge >= 0.3 is 0 Å². The zero-order chi connectivity index (χ0) is 24.9. The predicted molar refractivity (Wildman–Crippen MR) is 130 cm³/mol. The van der Waals surface area contributed by atoms with Crippen molar-refractivity contribution >= 4 is 17.9 Å². The summed E-state index contributed by atoms with van der Waals surface area (Å²) in [6.07, 6.45) is 1.66. The molecule has 0 N–H and O–H groups in total. The minimum absolute atomic E-state index is 0.0523. The maximum Gasteiger partial charge on any atom is 0.272 e. The van der Waals surface area contributed by atoms with Crippen molar-refractivity contribution in [2.24, 2.45) is 0 Å². The maximum atomic E-state index is 13.8. The molecule has 1 atom stereocenters. The zero-order valence-electron chi connectivity index (χ0n) is 19.4. The van der Waals surface area contributed by atoms with Gasteiger partial charge in [-0.15, -0.1) is 0 Å². The van der Waals surface area contributed by atoms with Crippen LogP contribution in [0.5, 0.6) is 5.75 Å². The van der Waals surface area contributed by atoms with Crippen LogP contribution in [-0.2, 0) is 16.2 Å². The average Bonchev–Trinajstić information content (AvgIpc) is 2.87. The smallest absolute Gasteiger partial charge is 0.272 e. The fraction of sp³-hybridized carbons (Fsp3) is 0.138. The van der Waals surface area contributed by atoms with E-state index in [-0.39, 0.29) is 23.6 Å². The molecule has 0 saturated carbocycles. The molecule has 3 aromatic rings. The quantitative estimate of drug-likeness (QED) is 0.342. The van der Waals surface area contributed by atoms with Crippen LogP contribution in [0.25, 0.3) is 6.08 Å². The molecule has 0 aromatic heterocycles. The summed E-state index contributed by atoms with van der Waals surface area (Å²) in [5.74, 6) is -0.836. The van der Waals surface area contributed by atoms with E-state index in [1.165, 1.54) is 6.07 Å². The third-order valence-electron chi connectivity index (χ3n) is 5.99.